The van der Waals surface area contributed by atoms with Crippen molar-refractivity contribution < 1.29 is 19.1 Å². The first kappa shape index (κ1) is 15.0. The second-order valence-electron chi connectivity index (χ2n) is 4.17. The van der Waals surface area contributed by atoms with Crippen LogP contribution < -0.4 is 10.1 Å². The van der Waals surface area contributed by atoms with Gasteiger partial charge in [0, 0.05) is 12.1 Å². The van der Waals surface area contributed by atoms with Gasteiger partial charge < -0.3 is 14.8 Å². The van der Waals surface area contributed by atoms with Crippen LogP contribution in [0.1, 0.15) is 23.6 Å². The van der Waals surface area contributed by atoms with Crippen LogP contribution in [-0.4, -0.2) is 25.6 Å². The fourth-order valence-corrected chi connectivity index (χ4v) is 1.80. The first-order chi connectivity index (χ1) is 8.99. The first-order valence-corrected chi connectivity index (χ1v) is 6.08. The zero-order valence-corrected chi connectivity index (χ0v) is 11.7. The molecule has 0 unspecified atom stereocenters. The van der Waals surface area contributed by atoms with Gasteiger partial charge in [0.05, 0.1) is 13.7 Å². The van der Waals surface area contributed by atoms with E-state index in [1.807, 2.05) is 26.0 Å². The molecular weight excluding hydrogens is 246 g/mol. The summed E-state index contributed by atoms with van der Waals surface area (Å²) in [5.74, 6) is -0.920. The van der Waals surface area contributed by atoms with E-state index in [-0.39, 0.29) is 13.2 Å². The van der Waals surface area contributed by atoms with Crippen molar-refractivity contribution in [2.45, 2.75) is 27.3 Å². The van der Waals surface area contributed by atoms with Crippen molar-refractivity contribution in [1.29, 1.82) is 0 Å². The van der Waals surface area contributed by atoms with Gasteiger partial charge in [0.15, 0.2) is 0 Å². The minimum atomic E-state index is -0.869. The Kier molecular flexibility index (Phi) is 5.36. The maximum Gasteiger partial charge on any atom is 0.396 e. The predicted octanol–water partition coefficient (Wildman–Crippen LogP) is 1.49. The summed E-state index contributed by atoms with van der Waals surface area (Å²) >= 11 is 0. The Morgan fingerprint density at radius 3 is 2.53 bits per heavy atom. The van der Waals surface area contributed by atoms with Crippen molar-refractivity contribution in [3.05, 3.63) is 28.8 Å². The van der Waals surface area contributed by atoms with Crippen LogP contribution in [0, 0.1) is 13.8 Å². The number of nitrogens with one attached hydrogen (secondary N) is 1. The lowest BCUT2D eigenvalue weighted by Crippen LogP contribution is -2.32. The summed E-state index contributed by atoms with van der Waals surface area (Å²) < 4.78 is 9.90. The molecule has 0 atom stereocenters. The molecule has 1 amide bonds. The summed E-state index contributed by atoms with van der Waals surface area (Å²) in [6, 6.07) is 3.88. The molecule has 0 aliphatic heterocycles. The molecule has 0 fully saturated rings. The van der Waals surface area contributed by atoms with Crippen molar-refractivity contribution >= 4 is 11.9 Å². The molecular formula is C14H19NO4. The van der Waals surface area contributed by atoms with Crippen LogP contribution in [0.25, 0.3) is 0 Å². The van der Waals surface area contributed by atoms with E-state index in [9.17, 15) is 9.59 Å². The monoisotopic (exact) mass is 265 g/mol. The third kappa shape index (κ3) is 3.98. The molecule has 0 aliphatic carbocycles. The van der Waals surface area contributed by atoms with Gasteiger partial charge in [-0.3, -0.25) is 4.79 Å². The molecule has 1 aromatic rings. The SMILES string of the molecule is CCOC(=O)C(=O)NCc1c(C)cc(C)cc1OC. The summed E-state index contributed by atoms with van der Waals surface area (Å²) in [6.07, 6.45) is 0. The second-order valence-corrected chi connectivity index (χ2v) is 4.17. The van der Waals surface area contributed by atoms with E-state index < -0.39 is 11.9 Å². The fraction of sp³-hybridized carbons (Fsp3) is 0.429. The van der Waals surface area contributed by atoms with Gasteiger partial charge in [-0.2, -0.15) is 0 Å². The highest BCUT2D eigenvalue weighted by atomic mass is 16.5. The van der Waals surface area contributed by atoms with Crippen molar-refractivity contribution in [1.82, 2.24) is 5.32 Å². The molecule has 0 saturated heterocycles. The third-order valence-electron chi connectivity index (χ3n) is 2.68. The van der Waals surface area contributed by atoms with E-state index in [0.717, 1.165) is 16.7 Å². The highest BCUT2D eigenvalue weighted by Crippen LogP contribution is 2.23. The van der Waals surface area contributed by atoms with Crippen LogP contribution in [0.3, 0.4) is 0 Å². The van der Waals surface area contributed by atoms with Gasteiger partial charge in [-0.15, -0.1) is 0 Å². The molecule has 0 spiro atoms. The van der Waals surface area contributed by atoms with E-state index in [0.29, 0.717) is 5.75 Å². The van der Waals surface area contributed by atoms with Crippen LogP contribution in [0.5, 0.6) is 5.75 Å². The van der Waals surface area contributed by atoms with Crippen LogP contribution in [0.4, 0.5) is 0 Å². The van der Waals surface area contributed by atoms with E-state index in [4.69, 9.17) is 4.74 Å². The van der Waals surface area contributed by atoms with E-state index in [2.05, 4.69) is 10.1 Å². The lowest BCUT2D eigenvalue weighted by atomic mass is 10.0. The summed E-state index contributed by atoms with van der Waals surface area (Å²) in [7, 11) is 1.57. The molecule has 0 bridgehead atoms. The molecule has 0 saturated carbocycles. The van der Waals surface area contributed by atoms with Crippen LogP contribution in [0.15, 0.2) is 12.1 Å². The van der Waals surface area contributed by atoms with Crippen molar-refractivity contribution in [2.75, 3.05) is 13.7 Å². The molecule has 0 heterocycles. The maximum absolute atomic E-state index is 11.5. The Bertz CT molecular complexity index is 483. The van der Waals surface area contributed by atoms with Gasteiger partial charge in [-0.1, -0.05) is 6.07 Å². The standard InChI is InChI=1S/C14H19NO4/c1-5-19-14(17)13(16)15-8-11-10(3)6-9(2)7-12(11)18-4/h6-7H,5,8H2,1-4H3,(H,15,16). The number of hydrogen-bond donors (Lipinski definition) is 1. The molecule has 104 valence electrons. The third-order valence-corrected chi connectivity index (χ3v) is 2.68. The van der Waals surface area contributed by atoms with Gasteiger partial charge in [-0.05, 0) is 38.0 Å². The first-order valence-electron chi connectivity index (χ1n) is 6.08. The normalized spacial score (nSPS) is 9.89. The quantitative estimate of drug-likeness (QED) is 0.661. The molecule has 1 N–H and O–H groups in total. The molecule has 1 aromatic carbocycles. The largest absolute Gasteiger partial charge is 0.496 e. The zero-order chi connectivity index (χ0) is 14.4. The molecule has 1 rings (SSSR count). The molecule has 5 nitrogen and oxygen atoms in total. The van der Waals surface area contributed by atoms with E-state index in [1.54, 1.807) is 14.0 Å². The fourth-order valence-electron chi connectivity index (χ4n) is 1.80. The average Bonchev–Trinajstić information content (AvgIpc) is 2.36. The van der Waals surface area contributed by atoms with Crippen LogP contribution in [-0.2, 0) is 20.9 Å². The van der Waals surface area contributed by atoms with Crippen molar-refractivity contribution in [2.24, 2.45) is 0 Å². The molecule has 19 heavy (non-hydrogen) atoms. The lowest BCUT2D eigenvalue weighted by molar-refractivity contribution is -0.154. The molecule has 5 heteroatoms. The lowest BCUT2D eigenvalue weighted by Gasteiger charge is -2.13. The average molecular weight is 265 g/mol. The number of carbonyl (C=O) groups is 2. The Labute approximate surface area is 112 Å². The molecule has 0 radical (unpaired) electrons. The van der Waals surface area contributed by atoms with E-state index >= 15 is 0 Å². The number of carbonyl (C=O) groups excluding carboxylic acids is 2. The summed E-state index contributed by atoms with van der Waals surface area (Å²) in [6.45, 7) is 5.96. The van der Waals surface area contributed by atoms with Crippen LogP contribution in [0.2, 0.25) is 0 Å². The maximum atomic E-state index is 11.5. The van der Waals surface area contributed by atoms with Crippen LogP contribution >= 0.6 is 0 Å². The predicted molar refractivity (Wildman–Crippen MR) is 70.9 cm³/mol. The van der Waals surface area contributed by atoms with Crippen molar-refractivity contribution in [3.63, 3.8) is 0 Å². The number of ether oxygens (including phenoxy) is 2. The number of esters is 1. The molecule has 0 aliphatic rings. The Balaban J connectivity index is 2.78. The summed E-state index contributed by atoms with van der Waals surface area (Å²) in [4.78, 5) is 22.6. The number of amides is 1. The topological polar surface area (TPSA) is 64.6 Å². The van der Waals surface area contributed by atoms with Gasteiger partial charge in [0.25, 0.3) is 0 Å². The highest BCUT2D eigenvalue weighted by molar-refractivity contribution is 6.32. The minimum Gasteiger partial charge on any atom is -0.496 e. The Morgan fingerprint density at radius 1 is 1.26 bits per heavy atom. The minimum absolute atomic E-state index is 0.180. The number of hydrogen-bond acceptors (Lipinski definition) is 4. The zero-order valence-electron chi connectivity index (χ0n) is 11.7. The Morgan fingerprint density at radius 2 is 1.95 bits per heavy atom. The van der Waals surface area contributed by atoms with Gasteiger partial charge in [0.1, 0.15) is 5.75 Å². The number of benzene rings is 1. The van der Waals surface area contributed by atoms with Crippen molar-refractivity contribution in [3.8, 4) is 5.75 Å². The molecule has 0 aromatic heterocycles. The van der Waals surface area contributed by atoms with E-state index in [1.165, 1.54) is 0 Å². The summed E-state index contributed by atoms with van der Waals surface area (Å²) in [5, 5.41) is 2.53. The van der Waals surface area contributed by atoms with Gasteiger partial charge in [-0.25, -0.2) is 4.79 Å². The number of methoxy groups -OCH3 is 1. The summed E-state index contributed by atoms with van der Waals surface area (Å²) in [5.41, 5.74) is 2.93. The van der Waals surface area contributed by atoms with Gasteiger partial charge >= 0.3 is 11.9 Å². The number of rotatable bonds is 4. The number of aryl methyl sites for hydroxylation is 2. The second kappa shape index (κ2) is 6.78. The van der Waals surface area contributed by atoms with Gasteiger partial charge in [0.2, 0.25) is 0 Å². The smallest absolute Gasteiger partial charge is 0.396 e. The Hall–Kier alpha value is -2.04. The highest BCUT2D eigenvalue weighted by Gasteiger charge is 2.16.